The first kappa shape index (κ1) is 10.8. The van der Waals surface area contributed by atoms with E-state index >= 15 is 0 Å². The molecule has 5 heteroatoms. The van der Waals surface area contributed by atoms with Crippen LogP contribution in [0.4, 0.5) is 4.39 Å². The van der Waals surface area contributed by atoms with E-state index in [1.54, 1.807) is 17.6 Å². The van der Waals surface area contributed by atoms with Gasteiger partial charge in [0.15, 0.2) is 0 Å². The van der Waals surface area contributed by atoms with Crippen LogP contribution in [0.15, 0.2) is 29.8 Å². The second kappa shape index (κ2) is 4.40. The van der Waals surface area contributed by atoms with Gasteiger partial charge in [0, 0.05) is 0 Å². The highest BCUT2D eigenvalue weighted by molar-refractivity contribution is 7.13. The maximum atomic E-state index is 13.0. The maximum Gasteiger partial charge on any atom is 0.309 e. The van der Waals surface area contributed by atoms with Gasteiger partial charge in [-0.3, -0.25) is 4.79 Å². The standard InChI is InChI=1S/C11H8FNO2S/c12-8-3-1-2-7(4-8)11-9(5-10(14)15)13-6-16-11/h1-4,6H,5H2,(H,14,15). The van der Waals surface area contributed by atoms with E-state index in [0.29, 0.717) is 16.1 Å². The molecule has 2 aromatic rings. The third-order valence-electron chi connectivity index (χ3n) is 2.05. The summed E-state index contributed by atoms with van der Waals surface area (Å²) in [6, 6.07) is 6.05. The second-order valence-corrected chi connectivity index (χ2v) is 4.06. The molecule has 2 rings (SSSR count). The minimum Gasteiger partial charge on any atom is -0.481 e. The Morgan fingerprint density at radius 1 is 1.50 bits per heavy atom. The van der Waals surface area contributed by atoms with E-state index in [1.807, 2.05) is 0 Å². The smallest absolute Gasteiger partial charge is 0.309 e. The number of hydrogen-bond acceptors (Lipinski definition) is 3. The molecule has 0 amide bonds. The van der Waals surface area contributed by atoms with E-state index in [2.05, 4.69) is 4.98 Å². The van der Waals surface area contributed by atoms with Crippen molar-refractivity contribution in [3.63, 3.8) is 0 Å². The lowest BCUT2D eigenvalue weighted by atomic mass is 10.1. The van der Waals surface area contributed by atoms with Gasteiger partial charge < -0.3 is 5.11 Å². The van der Waals surface area contributed by atoms with E-state index in [-0.39, 0.29) is 12.2 Å². The van der Waals surface area contributed by atoms with Gasteiger partial charge >= 0.3 is 5.97 Å². The van der Waals surface area contributed by atoms with Gasteiger partial charge in [0.25, 0.3) is 0 Å². The third-order valence-corrected chi connectivity index (χ3v) is 2.96. The first-order valence-corrected chi connectivity index (χ1v) is 5.45. The normalized spacial score (nSPS) is 10.3. The van der Waals surface area contributed by atoms with E-state index in [1.165, 1.54) is 23.5 Å². The van der Waals surface area contributed by atoms with Gasteiger partial charge in [-0.05, 0) is 17.7 Å². The highest BCUT2D eigenvalue weighted by atomic mass is 32.1. The van der Waals surface area contributed by atoms with Gasteiger partial charge in [0.05, 0.1) is 22.5 Å². The summed E-state index contributed by atoms with van der Waals surface area (Å²) >= 11 is 1.31. The van der Waals surface area contributed by atoms with Gasteiger partial charge in [0.1, 0.15) is 5.82 Å². The zero-order chi connectivity index (χ0) is 11.5. The van der Waals surface area contributed by atoms with Crippen LogP contribution in [0, 0.1) is 5.82 Å². The first-order valence-electron chi connectivity index (χ1n) is 4.57. The quantitative estimate of drug-likeness (QED) is 0.892. The zero-order valence-corrected chi connectivity index (χ0v) is 9.00. The van der Waals surface area contributed by atoms with Gasteiger partial charge in [-0.1, -0.05) is 12.1 Å². The Morgan fingerprint density at radius 2 is 2.31 bits per heavy atom. The Morgan fingerprint density at radius 3 is 3.00 bits per heavy atom. The van der Waals surface area contributed by atoms with Crippen LogP contribution in [0.1, 0.15) is 5.69 Å². The fourth-order valence-electron chi connectivity index (χ4n) is 1.40. The fraction of sp³-hybridized carbons (Fsp3) is 0.0909. The molecule has 0 aliphatic carbocycles. The number of aliphatic carboxylic acids is 1. The van der Waals surface area contributed by atoms with Crippen molar-refractivity contribution in [2.75, 3.05) is 0 Å². The van der Waals surface area contributed by atoms with E-state index < -0.39 is 5.97 Å². The molecule has 1 aromatic heterocycles. The number of halogens is 1. The lowest BCUT2D eigenvalue weighted by molar-refractivity contribution is -0.136. The van der Waals surface area contributed by atoms with E-state index in [0.717, 1.165) is 0 Å². The summed E-state index contributed by atoms with van der Waals surface area (Å²) in [4.78, 5) is 15.3. The first-order chi connectivity index (χ1) is 7.66. The number of aromatic nitrogens is 1. The SMILES string of the molecule is O=C(O)Cc1ncsc1-c1cccc(F)c1. The molecule has 16 heavy (non-hydrogen) atoms. The molecule has 1 heterocycles. The largest absolute Gasteiger partial charge is 0.481 e. The molecule has 1 aromatic carbocycles. The van der Waals surface area contributed by atoms with Crippen molar-refractivity contribution in [3.05, 3.63) is 41.3 Å². The molecule has 0 aliphatic heterocycles. The molecular formula is C11H8FNO2S. The van der Waals surface area contributed by atoms with Crippen LogP contribution in [0.3, 0.4) is 0 Å². The lowest BCUT2D eigenvalue weighted by Crippen LogP contribution is -2.01. The van der Waals surface area contributed by atoms with Crippen LogP contribution >= 0.6 is 11.3 Å². The Hall–Kier alpha value is -1.75. The number of hydrogen-bond donors (Lipinski definition) is 1. The summed E-state index contributed by atoms with van der Waals surface area (Å²) in [6.07, 6.45) is -0.144. The molecule has 1 N–H and O–H groups in total. The van der Waals surface area contributed by atoms with Gasteiger partial charge in [-0.15, -0.1) is 11.3 Å². The van der Waals surface area contributed by atoms with Crippen molar-refractivity contribution in [2.24, 2.45) is 0 Å². The molecular weight excluding hydrogens is 229 g/mol. The second-order valence-electron chi connectivity index (χ2n) is 3.21. The highest BCUT2D eigenvalue weighted by Gasteiger charge is 2.12. The van der Waals surface area contributed by atoms with Gasteiger partial charge in [-0.25, -0.2) is 9.37 Å². The Labute approximate surface area is 95.2 Å². The topological polar surface area (TPSA) is 50.2 Å². The van der Waals surface area contributed by atoms with Crippen LogP contribution in [-0.2, 0) is 11.2 Å². The van der Waals surface area contributed by atoms with Crippen molar-refractivity contribution in [1.29, 1.82) is 0 Å². The zero-order valence-electron chi connectivity index (χ0n) is 8.18. The van der Waals surface area contributed by atoms with Gasteiger partial charge in [-0.2, -0.15) is 0 Å². The summed E-state index contributed by atoms with van der Waals surface area (Å²) in [5.41, 5.74) is 2.71. The van der Waals surface area contributed by atoms with Crippen LogP contribution < -0.4 is 0 Å². The Kier molecular flexibility index (Phi) is 2.96. The number of carboxylic acids is 1. The van der Waals surface area contributed by atoms with Crippen molar-refractivity contribution in [3.8, 4) is 10.4 Å². The molecule has 0 unspecified atom stereocenters. The molecule has 0 saturated heterocycles. The molecule has 0 fully saturated rings. The van der Waals surface area contributed by atoms with Crippen LogP contribution in [0.5, 0.6) is 0 Å². The summed E-state index contributed by atoms with van der Waals surface area (Å²) in [6.45, 7) is 0. The van der Waals surface area contributed by atoms with Gasteiger partial charge in [0.2, 0.25) is 0 Å². The minimum atomic E-state index is -0.941. The molecule has 0 atom stereocenters. The summed E-state index contributed by atoms with van der Waals surface area (Å²) < 4.78 is 13.0. The molecule has 3 nitrogen and oxygen atoms in total. The van der Waals surface area contributed by atoms with Crippen molar-refractivity contribution in [1.82, 2.24) is 4.98 Å². The van der Waals surface area contributed by atoms with E-state index in [4.69, 9.17) is 5.11 Å². The van der Waals surface area contributed by atoms with Crippen LogP contribution in [-0.4, -0.2) is 16.1 Å². The minimum absolute atomic E-state index is 0.144. The Bertz CT molecular complexity index is 524. The molecule has 0 saturated carbocycles. The lowest BCUT2D eigenvalue weighted by Gasteiger charge is -2.00. The number of carboxylic acid groups (broad SMARTS) is 1. The molecule has 0 spiro atoms. The van der Waals surface area contributed by atoms with Crippen molar-refractivity contribution in [2.45, 2.75) is 6.42 Å². The molecule has 0 bridgehead atoms. The summed E-state index contributed by atoms with van der Waals surface area (Å²) in [7, 11) is 0. The van der Waals surface area contributed by atoms with Crippen LogP contribution in [0.25, 0.3) is 10.4 Å². The molecule has 82 valence electrons. The molecule has 0 radical (unpaired) electrons. The fourth-order valence-corrected chi connectivity index (χ4v) is 2.21. The predicted octanol–water partition coefficient (Wildman–Crippen LogP) is 2.58. The summed E-state index contributed by atoms with van der Waals surface area (Å²) in [5, 5.41) is 8.70. The number of carbonyl (C=O) groups is 1. The highest BCUT2D eigenvalue weighted by Crippen LogP contribution is 2.28. The average Bonchev–Trinajstić information content (AvgIpc) is 2.65. The number of rotatable bonds is 3. The number of thiazole rings is 1. The monoisotopic (exact) mass is 237 g/mol. The predicted molar refractivity (Wildman–Crippen MR) is 58.8 cm³/mol. The van der Waals surface area contributed by atoms with Crippen LogP contribution in [0.2, 0.25) is 0 Å². The number of nitrogens with zero attached hydrogens (tertiary/aromatic N) is 1. The van der Waals surface area contributed by atoms with E-state index in [9.17, 15) is 9.18 Å². The third kappa shape index (κ3) is 2.25. The summed E-state index contributed by atoms with van der Waals surface area (Å²) in [5.74, 6) is -1.28. The Balaban J connectivity index is 2.40. The molecule has 0 aliphatic rings. The number of benzene rings is 1. The van der Waals surface area contributed by atoms with Crippen molar-refractivity contribution < 1.29 is 14.3 Å². The maximum absolute atomic E-state index is 13.0. The average molecular weight is 237 g/mol. The van der Waals surface area contributed by atoms with Crippen molar-refractivity contribution >= 4 is 17.3 Å².